The SMILES string of the molecule is Cc1ccc2nc(C(C)Cl)n(Cc3ccoc3)c2c1. The van der Waals surface area contributed by atoms with E-state index >= 15 is 0 Å². The number of imidazole rings is 1. The van der Waals surface area contributed by atoms with Gasteiger partial charge in [-0.05, 0) is 37.6 Å². The van der Waals surface area contributed by atoms with Crippen LogP contribution in [0.3, 0.4) is 0 Å². The molecule has 0 spiro atoms. The highest BCUT2D eigenvalue weighted by atomic mass is 35.5. The number of nitrogens with zero attached hydrogens (tertiary/aromatic N) is 2. The number of hydrogen-bond acceptors (Lipinski definition) is 2. The van der Waals surface area contributed by atoms with E-state index in [1.807, 2.05) is 19.1 Å². The maximum atomic E-state index is 6.25. The van der Waals surface area contributed by atoms with Gasteiger partial charge in [-0.2, -0.15) is 0 Å². The van der Waals surface area contributed by atoms with Gasteiger partial charge in [0.2, 0.25) is 0 Å². The summed E-state index contributed by atoms with van der Waals surface area (Å²) in [5, 5.41) is -0.125. The van der Waals surface area contributed by atoms with Crippen molar-refractivity contribution in [1.29, 1.82) is 0 Å². The first kappa shape index (κ1) is 12.3. The lowest BCUT2D eigenvalue weighted by molar-refractivity contribution is 0.562. The molecule has 0 amide bonds. The third-order valence-corrected chi connectivity index (χ3v) is 3.41. The van der Waals surface area contributed by atoms with Crippen molar-refractivity contribution in [2.24, 2.45) is 0 Å². The van der Waals surface area contributed by atoms with E-state index in [1.54, 1.807) is 12.5 Å². The van der Waals surface area contributed by atoms with Gasteiger partial charge >= 0.3 is 0 Å². The molecule has 3 aromatic rings. The van der Waals surface area contributed by atoms with Gasteiger partial charge in [-0.1, -0.05) is 6.07 Å². The Morgan fingerprint density at radius 3 is 2.89 bits per heavy atom. The first-order chi connectivity index (χ1) is 9.15. The van der Waals surface area contributed by atoms with Gasteiger partial charge in [0.05, 0.1) is 35.5 Å². The second-order valence-corrected chi connectivity index (χ2v) is 5.45. The summed E-state index contributed by atoms with van der Waals surface area (Å²) in [6.45, 7) is 4.75. The fourth-order valence-corrected chi connectivity index (χ4v) is 2.45. The highest BCUT2D eigenvalue weighted by Gasteiger charge is 2.15. The molecule has 0 bridgehead atoms. The van der Waals surface area contributed by atoms with E-state index in [2.05, 4.69) is 28.6 Å². The predicted molar refractivity (Wildman–Crippen MR) is 76.5 cm³/mol. The predicted octanol–water partition coefficient (Wildman–Crippen LogP) is 4.29. The van der Waals surface area contributed by atoms with Gasteiger partial charge in [-0.3, -0.25) is 0 Å². The lowest BCUT2D eigenvalue weighted by Crippen LogP contribution is -2.05. The molecule has 3 nitrogen and oxygen atoms in total. The lowest BCUT2D eigenvalue weighted by Gasteiger charge is -2.09. The third-order valence-electron chi connectivity index (χ3n) is 3.21. The van der Waals surface area contributed by atoms with Crippen molar-refractivity contribution < 1.29 is 4.42 Å². The molecule has 0 radical (unpaired) electrons. The maximum absolute atomic E-state index is 6.25. The summed E-state index contributed by atoms with van der Waals surface area (Å²) in [5.74, 6) is 0.892. The number of aromatic nitrogens is 2. The fourth-order valence-electron chi connectivity index (χ4n) is 2.29. The van der Waals surface area contributed by atoms with Crippen LogP contribution in [0.4, 0.5) is 0 Å². The minimum atomic E-state index is -0.125. The minimum Gasteiger partial charge on any atom is -0.472 e. The van der Waals surface area contributed by atoms with E-state index in [9.17, 15) is 0 Å². The molecule has 0 aliphatic rings. The third kappa shape index (κ3) is 2.26. The van der Waals surface area contributed by atoms with Crippen LogP contribution in [-0.2, 0) is 6.54 Å². The molecule has 98 valence electrons. The van der Waals surface area contributed by atoms with Crippen molar-refractivity contribution >= 4 is 22.6 Å². The summed E-state index contributed by atoms with van der Waals surface area (Å²) in [6.07, 6.45) is 3.44. The van der Waals surface area contributed by atoms with Crippen LogP contribution in [-0.4, -0.2) is 9.55 Å². The number of halogens is 1. The second-order valence-electron chi connectivity index (χ2n) is 4.80. The number of fused-ring (bicyclic) bond motifs is 1. The average Bonchev–Trinajstić information content (AvgIpc) is 2.98. The maximum Gasteiger partial charge on any atom is 0.128 e. The van der Waals surface area contributed by atoms with E-state index in [0.717, 1.165) is 29.0 Å². The molecule has 2 aromatic heterocycles. The molecule has 1 unspecified atom stereocenters. The number of furan rings is 1. The Morgan fingerprint density at radius 1 is 1.37 bits per heavy atom. The molecule has 19 heavy (non-hydrogen) atoms. The normalized spacial score (nSPS) is 13.0. The molecule has 0 saturated carbocycles. The number of benzene rings is 1. The molecule has 0 fully saturated rings. The van der Waals surface area contributed by atoms with Crippen LogP contribution in [0.5, 0.6) is 0 Å². The molecule has 1 atom stereocenters. The van der Waals surface area contributed by atoms with Crippen molar-refractivity contribution in [2.45, 2.75) is 25.8 Å². The van der Waals surface area contributed by atoms with E-state index in [0.29, 0.717) is 0 Å². The standard InChI is InChI=1S/C15H15ClN2O/c1-10-3-4-13-14(7-10)18(15(17-13)11(2)16)8-12-5-6-19-9-12/h3-7,9,11H,8H2,1-2H3. The Bertz CT molecular complexity index is 698. The van der Waals surface area contributed by atoms with Crippen molar-refractivity contribution in [3.8, 4) is 0 Å². The monoisotopic (exact) mass is 274 g/mol. The summed E-state index contributed by atoms with van der Waals surface area (Å²) < 4.78 is 7.29. The van der Waals surface area contributed by atoms with E-state index in [4.69, 9.17) is 16.0 Å². The molecule has 4 heteroatoms. The van der Waals surface area contributed by atoms with Gasteiger partial charge in [0.1, 0.15) is 5.82 Å². The molecule has 2 heterocycles. The van der Waals surface area contributed by atoms with Crippen LogP contribution in [0.15, 0.2) is 41.2 Å². The molecular formula is C15H15ClN2O. The van der Waals surface area contributed by atoms with E-state index < -0.39 is 0 Å². The van der Waals surface area contributed by atoms with Gasteiger partial charge in [0.15, 0.2) is 0 Å². The summed E-state index contributed by atoms with van der Waals surface area (Å²) in [6, 6.07) is 8.22. The highest BCUT2D eigenvalue weighted by molar-refractivity contribution is 6.20. The Hall–Kier alpha value is -1.74. The summed E-state index contributed by atoms with van der Waals surface area (Å²) in [7, 11) is 0. The Balaban J connectivity index is 2.18. The Labute approximate surface area is 116 Å². The van der Waals surface area contributed by atoms with Gasteiger partial charge in [-0.15, -0.1) is 11.6 Å². The molecule has 3 rings (SSSR count). The molecular weight excluding hydrogens is 260 g/mol. The number of rotatable bonds is 3. The zero-order chi connectivity index (χ0) is 13.4. The minimum absolute atomic E-state index is 0.125. The summed E-state index contributed by atoms with van der Waals surface area (Å²) in [4.78, 5) is 4.63. The molecule has 0 aliphatic heterocycles. The molecule has 0 aliphatic carbocycles. The second kappa shape index (κ2) is 4.74. The highest BCUT2D eigenvalue weighted by Crippen LogP contribution is 2.26. The van der Waals surface area contributed by atoms with E-state index in [1.165, 1.54) is 5.56 Å². The van der Waals surface area contributed by atoms with Crippen LogP contribution < -0.4 is 0 Å². The van der Waals surface area contributed by atoms with Gasteiger partial charge in [0.25, 0.3) is 0 Å². The topological polar surface area (TPSA) is 31.0 Å². The molecule has 0 saturated heterocycles. The van der Waals surface area contributed by atoms with Crippen LogP contribution in [0.2, 0.25) is 0 Å². The number of aryl methyl sites for hydroxylation is 1. The van der Waals surface area contributed by atoms with Crippen molar-refractivity contribution in [3.05, 3.63) is 53.7 Å². The first-order valence-corrected chi connectivity index (χ1v) is 6.71. The molecule has 1 aromatic carbocycles. The van der Waals surface area contributed by atoms with Crippen LogP contribution in [0, 0.1) is 6.92 Å². The summed E-state index contributed by atoms with van der Waals surface area (Å²) >= 11 is 6.25. The van der Waals surface area contributed by atoms with Gasteiger partial charge < -0.3 is 8.98 Å². The fraction of sp³-hybridized carbons (Fsp3) is 0.267. The van der Waals surface area contributed by atoms with Crippen LogP contribution >= 0.6 is 11.6 Å². The van der Waals surface area contributed by atoms with E-state index in [-0.39, 0.29) is 5.38 Å². The number of alkyl halides is 1. The largest absolute Gasteiger partial charge is 0.472 e. The zero-order valence-electron chi connectivity index (χ0n) is 10.9. The Morgan fingerprint density at radius 2 is 2.21 bits per heavy atom. The van der Waals surface area contributed by atoms with Gasteiger partial charge in [-0.25, -0.2) is 4.98 Å². The van der Waals surface area contributed by atoms with Crippen molar-refractivity contribution in [1.82, 2.24) is 9.55 Å². The smallest absolute Gasteiger partial charge is 0.128 e. The van der Waals surface area contributed by atoms with Crippen LogP contribution in [0.25, 0.3) is 11.0 Å². The first-order valence-electron chi connectivity index (χ1n) is 6.27. The van der Waals surface area contributed by atoms with Crippen molar-refractivity contribution in [3.63, 3.8) is 0 Å². The van der Waals surface area contributed by atoms with Crippen LogP contribution in [0.1, 0.15) is 29.3 Å². The Kier molecular flexibility index (Phi) is 3.07. The average molecular weight is 275 g/mol. The molecule has 0 N–H and O–H groups in total. The zero-order valence-corrected chi connectivity index (χ0v) is 11.7. The lowest BCUT2D eigenvalue weighted by atomic mass is 10.2. The van der Waals surface area contributed by atoms with Gasteiger partial charge in [0, 0.05) is 5.56 Å². The summed E-state index contributed by atoms with van der Waals surface area (Å²) in [5.41, 5.74) is 4.43. The van der Waals surface area contributed by atoms with Crippen molar-refractivity contribution in [2.75, 3.05) is 0 Å². The number of hydrogen-bond donors (Lipinski definition) is 0. The quantitative estimate of drug-likeness (QED) is 0.667.